The Bertz CT molecular complexity index is 359. The van der Waals surface area contributed by atoms with E-state index in [1.807, 2.05) is 6.92 Å². The van der Waals surface area contributed by atoms with Crippen LogP contribution in [0.25, 0.3) is 0 Å². The van der Waals surface area contributed by atoms with E-state index in [0.717, 1.165) is 17.7 Å². The van der Waals surface area contributed by atoms with Crippen LogP contribution < -0.4 is 11.1 Å². The van der Waals surface area contributed by atoms with E-state index in [2.05, 4.69) is 29.4 Å². The van der Waals surface area contributed by atoms with Crippen LogP contribution in [0.1, 0.15) is 31.5 Å². The maximum Gasteiger partial charge on any atom is 0.224 e. The predicted octanol–water partition coefficient (Wildman–Crippen LogP) is 0.955. The third-order valence-electron chi connectivity index (χ3n) is 2.80. The van der Waals surface area contributed by atoms with Crippen LogP contribution >= 0.6 is 0 Å². The number of aromatic nitrogens is 2. The molecule has 0 fully saturated rings. The first-order chi connectivity index (χ1) is 8.04. The lowest BCUT2D eigenvalue weighted by Crippen LogP contribution is -2.35. The largest absolute Gasteiger partial charge is 0.352 e. The fourth-order valence-corrected chi connectivity index (χ4v) is 1.76. The summed E-state index contributed by atoms with van der Waals surface area (Å²) in [6.45, 7) is 7.03. The van der Waals surface area contributed by atoms with Crippen molar-refractivity contribution in [2.24, 2.45) is 17.6 Å². The summed E-state index contributed by atoms with van der Waals surface area (Å²) in [4.78, 5) is 11.9. The molecule has 4 N–H and O–H groups in total. The second kappa shape index (κ2) is 6.39. The number of rotatable bonds is 6. The summed E-state index contributed by atoms with van der Waals surface area (Å²) in [7, 11) is 0. The van der Waals surface area contributed by atoms with Gasteiger partial charge in [0.2, 0.25) is 5.91 Å². The third-order valence-corrected chi connectivity index (χ3v) is 2.80. The van der Waals surface area contributed by atoms with E-state index in [-0.39, 0.29) is 11.8 Å². The van der Waals surface area contributed by atoms with Gasteiger partial charge >= 0.3 is 0 Å². The first-order valence-electron chi connectivity index (χ1n) is 6.01. The van der Waals surface area contributed by atoms with Crippen LogP contribution in [0, 0.1) is 18.8 Å². The van der Waals surface area contributed by atoms with Gasteiger partial charge in [0.15, 0.2) is 0 Å². The molecule has 1 unspecified atom stereocenters. The van der Waals surface area contributed by atoms with Crippen LogP contribution in [0.2, 0.25) is 0 Å². The maximum absolute atomic E-state index is 11.9. The molecule has 0 radical (unpaired) electrons. The van der Waals surface area contributed by atoms with E-state index in [1.165, 1.54) is 0 Å². The van der Waals surface area contributed by atoms with Crippen molar-refractivity contribution in [1.29, 1.82) is 0 Å². The Kier molecular flexibility index (Phi) is 5.15. The van der Waals surface area contributed by atoms with Crippen molar-refractivity contribution in [2.45, 2.75) is 33.7 Å². The zero-order valence-electron chi connectivity index (χ0n) is 10.8. The van der Waals surface area contributed by atoms with Crippen LogP contribution in [0.4, 0.5) is 0 Å². The summed E-state index contributed by atoms with van der Waals surface area (Å²) in [5.74, 6) is 0.411. The standard InChI is InChI=1S/C12H22N4O/c1-8(2)4-10(5-13)12(17)14-6-11-7-15-16-9(11)3/h7-8,10H,4-6,13H2,1-3H3,(H,14,17)(H,15,16). The quantitative estimate of drug-likeness (QED) is 0.690. The van der Waals surface area contributed by atoms with Gasteiger partial charge in [-0.25, -0.2) is 0 Å². The van der Waals surface area contributed by atoms with Gasteiger partial charge in [-0.05, 0) is 19.3 Å². The molecule has 1 amide bonds. The van der Waals surface area contributed by atoms with E-state index in [0.29, 0.717) is 19.0 Å². The molecule has 0 saturated carbocycles. The van der Waals surface area contributed by atoms with Crippen molar-refractivity contribution >= 4 is 5.91 Å². The third kappa shape index (κ3) is 4.19. The van der Waals surface area contributed by atoms with Crippen LogP contribution in [0.3, 0.4) is 0 Å². The summed E-state index contributed by atoms with van der Waals surface area (Å²) < 4.78 is 0. The highest BCUT2D eigenvalue weighted by molar-refractivity contribution is 5.78. The van der Waals surface area contributed by atoms with Crippen molar-refractivity contribution < 1.29 is 4.79 Å². The molecular formula is C12H22N4O. The van der Waals surface area contributed by atoms with E-state index < -0.39 is 0 Å². The second-order valence-electron chi connectivity index (χ2n) is 4.80. The van der Waals surface area contributed by atoms with Gasteiger partial charge in [-0.3, -0.25) is 9.89 Å². The number of aromatic amines is 1. The minimum atomic E-state index is -0.0952. The number of nitrogens with one attached hydrogen (secondary N) is 2. The van der Waals surface area contributed by atoms with Crippen LogP contribution in [0.15, 0.2) is 6.20 Å². The number of hydrogen-bond donors (Lipinski definition) is 3. The van der Waals surface area contributed by atoms with Crippen molar-refractivity contribution in [3.63, 3.8) is 0 Å². The minimum Gasteiger partial charge on any atom is -0.352 e. The molecule has 5 heteroatoms. The Morgan fingerprint density at radius 3 is 2.76 bits per heavy atom. The average Bonchev–Trinajstić information content (AvgIpc) is 2.68. The van der Waals surface area contributed by atoms with E-state index in [9.17, 15) is 4.79 Å². The summed E-state index contributed by atoms with van der Waals surface area (Å²) in [5, 5.41) is 9.66. The highest BCUT2D eigenvalue weighted by Gasteiger charge is 2.17. The second-order valence-corrected chi connectivity index (χ2v) is 4.80. The first-order valence-corrected chi connectivity index (χ1v) is 6.01. The molecule has 0 aliphatic heterocycles. The molecule has 0 spiro atoms. The van der Waals surface area contributed by atoms with Gasteiger partial charge in [-0.1, -0.05) is 13.8 Å². The average molecular weight is 238 g/mol. The van der Waals surface area contributed by atoms with Crippen LogP contribution in [-0.4, -0.2) is 22.6 Å². The molecule has 96 valence electrons. The van der Waals surface area contributed by atoms with Crippen LogP contribution in [-0.2, 0) is 11.3 Å². The van der Waals surface area contributed by atoms with Crippen molar-refractivity contribution in [1.82, 2.24) is 15.5 Å². The molecule has 1 rings (SSSR count). The molecule has 0 aliphatic rings. The molecular weight excluding hydrogens is 216 g/mol. The lowest BCUT2D eigenvalue weighted by atomic mass is 9.96. The molecule has 1 heterocycles. The Morgan fingerprint density at radius 1 is 1.59 bits per heavy atom. The Labute approximate surface area is 102 Å². The lowest BCUT2D eigenvalue weighted by Gasteiger charge is -2.16. The van der Waals surface area contributed by atoms with E-state index >= 15 is 0 Å². The fourth-order valence-electron chi connectivity index (χ4n) is 1.76. The number of carbonyl (C=O) groups excluding carboxylic acids is 1. The van der Waals surface area contributed by atoms with Gasteiger partial charge in [0, 0.05) is 24.3 Å². The van der Waals surface area contributed by atoms with Crippen molar-refractivity contribution in [2.75, 3.05) is 6.54 Å². The fraction of sp³-hybridized carbons (Fsp3) is 0.667. The molecule has 1 aromatic rings. The first kappa shape index (κ1) is 13.7. The topological polar surface area (TPSA) is 83.8 Å². The van der Waals surface area contributed by atoms with Gasteiger partial charge in [0.25, 0.3) is 0 Å². The van der Waals surface area contributed by atoms with Crippen LogP contribution in [0.5, 0.6) is 0 Å². The summed E-state index contributed by atoms with van der Waals surface area (Å²) >= 11 is 0. The number of hydrogen-bond acceptors (Lipinski definition) is 3. The number of aryl methyl sites for hydroxylation is 1. The minimum absolute atomic E-state index is 0.0294. The zero-order chi connectivity index (χ0) is 12.8. The Hall–Kier alpha value is -1.36. The smallest absolute Gasteiger partial charge is 0.224 e. The van der Waals surface area contributed by atoms with Crippen molar-refractivity contribution in [3.8, 4) is 0 Å². The monoisotopic (exact) mass is 238 g/mol. The molecule has 0 saturated heterocycles. The molecule has 17 heavy (non-hydrogen) atoms. The molecule has 0 aliphatic carbocycles. The number of carbonyl (C=O) groups is 1. The molecule has 1 aromatic heterocycles. The Morgan fingerprint density at radius 2 is 2.29 bits per heavy atom. The molecule has 1 atom stereocenters. The SMILES string of the molecule is Cc1[nH]ncc1CNC(=O)C(CN)CC(C)C. The number of H-pyrrole nitrogens is 1. The lowest BCUT2D eigenvalue weighted by molar-refractivity contribution is -0.125. The van der Waals surface area contributed by atoms with Crippen molar-refractivity contribution in [3.05, 3.63) is 17.5 Å². The van der Waals surface area contributed by atoms with E-state index in [4.69, 9.17) is 5.73 Å². The van der Waals surface area contributed by atoms with Gasteiger partial charge in [0.1, 0.15) is 0 Å². The molecule has 5 nitrogen and oxygen atoms in total. The summed E-state index contributed by atoms with van der Waals surface area (Å²) in [5.41, 5.74) is 7.62. The Balaban J connectivity index is 2.45. The number of amides is 1. The summed E-state index contributed by atoms with van der Waals surface area (Å²) in [6, 6.07) is 0. The molecule has 0 bridgehead atoms. The number of nitrogens with zero attached hydrogens (tertiary/aromatic N) is 1. The zero-order valence-corrected chi connectivity index (χ0v) is 10.8. The highest BCUT2D eigenvalue weighted by atomic mass is 16.1. The normalized spacial score (nSPS) is 12.8. The van der Waals surface area contributed by atoms with Gasteiger partial charge in [0.05, 0.1) is 12.1 Å². The predicted molar refractivity (Wildman–Crippen MR) is 67.2 cm³/mol. The van der Waals surface area contributed by atoms with Gasteiger partial charge < -0.3 is 11.1 Å². The van der Waals surface area contributed by atoms with E-state index in [1.54, 1.807) is 6.20 Å². The maximum atomic E-state index is 11.9. The molecule has 0 aromatic carbocycles. The number of nitrogens with two attached hydrogens (primary N) is 1. The van der Waals surface area contributed by atoms with Gasteiger partial charge in [-0.15, -0.1) is 0 Å². The highest BCUT2D eigenvalue weighted by Crippen LogP contribution is 2.11. The van der Waals surface area contributed by atoms with Gasteiger partial charge in [-0.2, -0.15) is 5.10 Å². The summed E-state index contributed by atoms with van der Waals surface area (Å²) in [6.07, 6.45) is 2.56.